The number of hydrogen-bond acceptors (Lipinski definition) is 4. The molecule has 3 rings (SSSR count). The first-order valence-electron chi connectivity index (χ1n) is 8.46. The molecule has 0 spiro atoms. The van der Waals surface area contributed by atoms with E-state index in [1.807, 2.05) is 13.0 Å². The molecule has 0 radical (unpaired) electrons. The number of anilines is 2. The Hall–Kier alpha value is -2.83. The number of benzene rings is 1. The standard InChI is InChI=1S/C18H23N5O2/c1-12-14(11-20-22(12)2)18(25)21-15-10-13(17(19)24)6-7-16(15)23-8-4-3-5-9-23/h6-7,10-11H,3-5,8-9H2,1-2H3,(H2,19,24)(H,21,25). The third-order valence-electron chi connectivity index (χ3n) is 4.71. The van der Waals surface area contributed by atoms with E-state index in [2.05, 4.69) is 15.3 Å². The average molecular weight is 341 g/mol. The second-order valence-electron chi connectivity index (χ2n) is 6.37. The summed E-state index contributed by atoms with van der Waals surface area (Å²) in [7, 11) is 1.79. The average Bonchev–Trinajstić information content (AvgIpc) is 2.95. The zero-order valence-corrected chi connectivity index (χ0v) is 14.6. The van der Waals surface area contributed by atoms with Crippen molar-refractivity contribution < 1.29 is 9.59 Å². The van der Waals surface area contributed by atoms with Crippen LogP contribution < -0.4 is 16.0 Å². The van der Waals surface area contributed by atoms with Crippen molar-refractivity contribution in [3.05, 3.63) is 41.2 Å². The van der Waals surface area contributed by atoms with Gasteiger partial charge < -0.3 is 16.0 Å². The van der Waals surface area contributed by atoms with Crippen LogP contribution in [-0.4, -0.2) is 34.7 Å². The van der Waals surface area contributed by atoms with E-state index in [1.165, 1.54) is 6.42 Å². The minimum atomic E-state index is -0.516. The van der Waals surface area contributed by atoms with Gasteiger partial charge in [-0.05, 0) is 44.4 Å². The molecular weight excluding hydrogens is 318 g/mol. The van der Waals surface area contributed by atoms with Crippen LogP contribution in [0.15, 0.2) is 24.4 Å². The largest absolute Gasteiger partial charge is 0.370 e. The van der Waals surface area contributed by atoms with Crippen LogP contribution in [-0.2, 0) is 7.05 Å². The van der Waals surface area contributed by atoms with Crippen molar-refractivity contribution in [1.82, 2.24) is 9.78 Å². The number of nitrogens with one attached hydrogen (secondary N) is 1. The van der Waals surface area contributed by atoms with Gasteiger partial charge in [0, 0.05) is 31.4 Å². The Labute approximate surface area is 146 Å². The monoisotopic (exact) mass is 341 g/mol. The maximum atomic E-state index is 12.7. The maximum Gasteiger partial charge on any atom is 0.259 e. The highest BCUT2D eigenvalue weighted by Crippen LogP contribution is 2.30. The predicted molar refractivity (Wildman–Crippen MR) is 96.9 cm³/mol. The van der Waals surface area contributed by atoms with Gasteiger partial charge in [-0.2, -0.15) is 5.10 Å². The summed E-state index contributed by atoms with van der Waals surface area (Å²) in [6, 6.07) is 5.21. The molecular formula is C18H23N5O2. The van der Waals surface area contributed by atoms with Crippen molar-refractivity contribution in [2.24, 2.45) is 12.8 Å². The summed E-state index contributed by atoms with van der Waals surface area (Å²) in [4.78, 5) is 26.4. The van der Waals surface area contributed by atoms with Gasteiger partial charge in [0.15, 0.2) is 0 Å². The zero-order chi connectivity index (χ0) is 18.0. The summed E-state index contributed by atoms with van der Waals surface area (Å²) in [5.41, 5.74) is 8.59. The van der Waals surface area contributed by atoms with Gasteiger partial charge in [0.05, 0.1) is 23.1 Å². The molecule has 1 aromatic carbocycles. The maximum absolute atomic E-state index is 12.7. The van der Waals surface area contributed by atoms with Crippen molar-refractivity contribution in [1.29, 1.82) is 0 Å². The molecule has 1 aromatic heterocycles. The van der Waals surface area contributed by atoms with Crippen LogP contribution in [0, 0.1) is 6.92 Å². The summed E-state index contributed by atoms with van der Waals surface area (Å²) < 4.78 is 1.65. The topological polar surface area (TPSA) is 93.2 Å². The van der Waals surface area contributed by atoms with Gasteiger partial charge in [-0.1, -0.05) is 0 Å². The second-order valence-corrected chi connectivity index (χ2v) is 6.37. The smallest absolute Gasteiger partial charge is 0.259 e. The van der Waals surface area contributed by atoms with Crippen LogP contribution in [0.4, 0.5) is 11.4 Å². The SMILES string of the molecule is Cc1c(C(=O)Nc2cc(C(N)=O)ccc2N2CCCCC2)cnn1C. The zero-order valence-electron chi connectivity index (χ0n) is 14.6. The molecule has 1 saturated heterocycles. The number of carbonyl (C=O) groups is 2. The summed E-state index contributed by atoms with van der Waals surface area (Å²) in [5.74, 6) is -0.760. The minimum Gasteiger partial charge on any atom is -0.370 e. The van der Waals surface area contributed by atoms with E-state index in [9.17, 15) is 9.59 Å². The summed E-state index contributed by atoms with van der Waals surface area (Å²) in [5, 5.41) is 7.04. The van der Waals surface area contributed by atoms with Gasteiger partial charge >= 0.3 is 0 Å². The Bertz CT molecular complexity index is 806. The summed E-state index contributed by atoms with van der Waals surface area (Å²) in [6.45, 7) is 3.71. The van der Waals surface area contributed by atoms with Gasteiger partial charge in [-0.15, -0.1) is 0 Å². The number of rotatable bonds is 4. The molecule has 0 atom stereocenters. The Balaban J connectivity index is 1.94. The molecule has 0 aliphatic carbocycles. The van der Waals surface area contributed by atoms with E-state index >= 15 is 0 Å². The molecule has 2 amide bonds. The fourth-order valence-corrected chi connectivity index (χ4v) is 3.11. The van der Waals surface area contributed by atoms with Crippen LogP contribution in [0.3, 0.4) is 0 Å². The Morgan fingerprint density at radius 3 is 2.52 bits per heavy atom. The van der Waals surface area contributed by atoms with Gasteiger partial charge in [0.2, 0.25) is 5.91 Å². The molecule has 2 heterocycles. The van der Waals surface area contributed by atoms with Crippen LogP contribution in [0.25, 0.3) is 0 Å². The van der Waals surface area contributed by atoms with Crippen LogP contribution >= 0.6 is 0 Å². The van der Waals surface area contributed by atoms with Gasteiger partial charge in [-0.25, -0.2) is 0 Å². The minimum absolute atomic E-state index is 0.245. The number of nitrogens with two attached hydrogens (primary N) is 1. The van der Waals surface area contributed by atoms with Crippen LogP contribution in [0.2, 0.25) is 0 Å². The summed E-state index contributed by atoms with van der Waals surface area (Å²) in [6.07, 6.45) is 4.99. The molecule has 7 nitrogen and oxygen atoms in total. The molecule has 132 valence electrons. The highest BCUT2D eigenvalue weighted by molar-refractivity contribution is 6.07. The molecule has 2 aromatic rings. The number of piperidine rings is 1. The van der Waals surface area contributed by atoms with Crippen molar-refractivity contribution >= 4 is 23.2 Å². The molecule has 0 saturated carbocycles. The van der Waals surface area contributed by atoms with Crippen molar-refractivity contribution in [2.45, 2.75) is 26.2 Å². The first kappa shape index (κ1) is 17.0. The van der Waals surface area contributed by atoms with Crippen molar-refractivity contribution in [2.75, 3.05) is 23.3 Å². The van der Waals surface area contributed by atoms with Gasteiger partial charge in [0.1, 0.15) is 0 Å². The molecule has 25 heavy (non-hydrogen) atoms. The number of carbonyl (C=O) groups excluding carboxylic acids is 2. The number of nitrogens with zero attached hydrogens (tertiary/aromatic N) is 3. The normalized spacial score (nSPS) is 14.4. The molecule has 3 N–H and O–H groups in total. The predicted octanol–water partition coefficient (Wildman–Crippen LogP) is 2.07. The second kappa shape index (κ2) is 6.96. The number of hydrogen-bond donors (Lipinski definition) is 2. The van der Waals surface area contributed by atoms with E-state index in [4.69, 9.17) is 5.73 Å². The third-order valence-corrected chi connectivity index (χ3v) is 4.71. The lowest BCUT2D eigenvalue weighted by Crippen LogP contribution is -2.30. The number of amides is 2. The van der Waals surface area contributed by atoms with Gasteiger partial charge in [-0.3, -0.25) is 14.3 Å². The quantitative estimate of drug-likeness (QED) is 0.890. The molecule has 1 aliphatic rings. The number of primary amides is 1. The molecule has 7 heteroatoms. The van der Waals surface area contributed by atoms with E-state index in [-0.39, 0.29) is 5.91 Å². The highest BCUT2D eigenvalue weighted by Gasteiger charge is 2.19. The lowest BCUT2D eigenvalue weighted by atomic mass is 10.1. The van der Waals surface area contributed by atoms with E-state index < -0.39 is 5.91 Å². The van der Waals surface area contributed by atoms with Gasteiger partial charge in [0.25, 0.3) is 5.91 Å². The number of aryl methyl sites for hydroxylation is 1. The lowest BCUT2D eigenvalue weighted by Gasteiger charge is -2.30. The molecule has 1 fully saturated rings. The van der Waals surface area contributed by atoms with Crippen molar-refractivity contribution in [3.63, 3.8) is 0 Å². The molecule has 1 aliphatic heterocycles. The Kier molecular flexibility index (Phi) is 4.74. The van der Waals surface area contributed by atoms with Crippen LogP contribution in [0.5, 0.6) is 0 Å². The molecule has 0 unspecified atom stereocenters. The summed E-state index contributed by atoms with van der Waals surface area (Å²) >= 11 is 0. The first-order valence-corrected chi connectivity index (χ1v) is 8.46. The van der Waals surface area contributed by atoms with Crippen LogP contribution in [0.1, 0.15) is 45.7 Å². The number of aromatic nitrogens is 2. The van der Waals surface area contributed by atoms with Crippen molar-refractivity contribution in [3.8, 4) is 0 Å². The fourth-order valence-electron chi connectivity index (χ4n) is 3.11. The highest BCUT2D eigenvalue weighted by atomic mass is 16.2. The lowest BCUT2D eigenvalue weighted by molar-refractivity contribution is 0.0996. The third kappa shape index (κ3) is 3.50. The van der Waals surface area contributed by atoms with E-state index in [0.29, 0.717) is 16.8 Å². The molecule has 0 bridgehead atoms. The van der Waals surface area contributed by atoms with E-state index in [1.54, 1.807) is 30.1 Å². The Morgan fingerprint density at radius 2 is 1.92 bits per heavy atom. The van der Waals surface area contributed by atoms with E-state index in [0.717, 1.165) is 37.3 Å². The fraction of sp³-hybridized carbons (Fsp3) is 0.389. The Morgan fingerprint density at radius 1 is 1.20 bits per heavy atom. The first-order chi connectivity index (χ1) is 12.0.